The van der Waals surface area contributed by atoms with Gasteiger partial charge in [0.2, 0.25) is 0 Å². The highest BCUT2D eigenvalue weighted by atomic mass is 19.4. The summed E-state index contributed by atoms with van der Waals surface area (Å²) in [5.74, 6) is -60.0. The van der Waals surface area contributed by atoms with Crippen LogP contribution in [0.15, 0.2) is 11.1 Å². The number of carboxylic acid groups (broad SMARTS) is 1. The van der Waals surface area contributed by atoms with Crippen LogP contribution in [0.3, 0.4) is 0 Å². The van der Waals surface area contributed by atoms with Gasteiger partial charge >= 0.3 is 53.6 Å². The minimum absolute atomic E-state index is 0.0358. The predicted molar refractivity (Wildman–Crippen MR) is 71.3 cm³/mol. The molecule has 0 radical (unpaired) electrons. The van der Waals surface area contributed by atoms with Gasteiger partial charge in [0.05, 0.1) is 0 Å². The molecule has 0 spiro atoms. The van der Waals surface area contributed by atoms with Crippen LogP contribution in [-0.4, -0.2) is 58.7 Å². The molecule has 2 nitrogen and oxygen atoms in total. The molecule has 0 aliphatic heterocycles. The Morgan fingerprint density at radius 1 is 0.576 bits per heavy atom. The first-order valence-electron chi connectivity index (χ1n) is 7.70. The summed E-state index contributed by atoms with van der Waals surface area (Å²) in [6, 6.07) is 0. The molecule has 0 saturated heterocycles. The van der Waals surface area contributed by atoms with Crippen LogP contribution >= 0.6 is 0 Å². The van der Waals surface area contributed by atoms with E-state index in [2.05, 4.69) is 0 Å². The van der Waals surface area contributed by atoms with Crippen molar-refractivity contribution in [3.05, 3.63) is 11.1 Å². The Bertz CT molecular complexity index is 790. The normalized spacial score (nSPS) is 16.6. The summed E-state index contributed by atoms with van der Waals surface area (Å²) in [6.07, 6.45) is -9.49. The van der Waals surface area contributed by atoms with Crippen molar-refractivity contribution in [2.24, 2.45) is 0 Å². The summed E-state index contributed by atoms with van der Waals surface area (Å²) in [4.78, 5) is 10.6. The summed E-state index contributed by atoms with van der Waals surface area (Å²) in [5, 5.41) is 8.50. The molecule has 0 aliphatic carbocycles. The monoisotopic (exact) mass is 532 g/mol. The van der Waals surface area contributed by atoms with E-state index < -0.39 is 71.2 Å². The van der Waals surface area contributed by atoms with Crippen LogP contribution in [0, 0.1) is 0 Å². The molecule has 0 fully saturated rings. The largest absolute Gasteiger partial charge is 0.478 e. The molecule has 0 aromatic rings. The van der Waals surface area contributed by atoms with Gasteiger partial charge in [0.1, 0.15) is 0 Å². The lowest BCUT2D eigenvalue weighted by Gasteiger charge is -2.43. The fraction of sp³-hybridized carbons (Fsp3) is 0.786. The quantitative estimate of drug-likeness (QED) is 0.262. The van der Waals surface area contributed by atoms with Gasteiger partial charge in [0, 0.05) is 11.1 Å². The van der Waals surface area contributed by atoms with Crippen LogP contribution in [0.1, 0.15) is 20.3 Å². The van der Waals surface area contributed by atoms with Crippen molar-refractivity contribution in [2.75, 3.05) is 0 Å². The molecule has 0 aromatic heterocycles. The number of carbonyl (C=O) groups is 1. The first-order valence-corrected chi connectivity index (χ1v) is 7.70. The Labute approximate surface area is 171 Å². The number of halogens is 17. The molecule has 0 aliphatic rings. The maximum Gasteiger partial charge on any atom is 0.460 e. The average molecular weight is 532 g/mol. The molecule has 0 rings (SSSR count). The standard InChI is InChI=1S/C14H9F17O2/c1-3-5(4(2)6(32)33)7(15,16)8(17,18)9(19,20)10(21,22)11(23,24)12(25,26)13(27,28)14(29,30)31/h3H2,1-2H3,(H,32,33). The molecule has 0 amide bonds. The molecule has 0 bridgehead atoms. The van der Waals surface area contributed by atoms with E-state index in [1.807, 2.05) is 0 Å². The van der Waals surface area contributed by atoms with E-state index >= 15 is 0 Å². The molecular formula is C14H9F17O2. The Morgan fingerprint density at radius 3 is 1.09 bits per heavy atom. The van der Waals surface area contributed by atoms with Crippen LogP contribution in [0.5, 0.6) is 0 Å². The highest BCUT2D eigenvalue weighted by Crippen LogP contribution is 2.64. The highest BCUT2D eigenvalue weighted by molar-refractivity contribution is 5.87. The lowest BCUT2D eigenvalue weighted by atomic mass is 9.85. The number of hydrogen-bond donors (Lipinski definition) is 1. The lowest BCUT2D eigenvalue weighted by molar-refractivity contribution is -0.460. The highest BCUT2D eigenvalue weighted by Gasteiger charge is 2.95. The van der Waals surface area contributed by atoms with Crippen LogP contribution < -0.4 is 0 Å². The summed E-state index contributed by atoms with van der Waals surface area (Å²) >= 11 is 0. The summed E-state index contributed by atoms with van der Waals surface area (Å²) in [5.41, 5.74) is -4.52. The SMILES string of the molecule is CCC(=C(C)C(=O)O)C(F)(F)C(F)(F)C(F)(F)C(F)(F)C(F)(F)C(F)(F)C(F)(F)C(F)(F)F. The second-order valence-electron chi connectivity index (χ2n) is 6.28. The predicted octanol–water partition coefficient (Wildman–Crippen LogP) is 6.81. The van der Waals surface area contributed by atoms with E-state index in [0.717, 1.165) is 0 Å². The third-order valence-electron chi connectivity index (χ3n) is 4.23. The van der Waals surface area contributed by atoms with Crippen LogP contribution in [-0.2, 0) is 4.79 Å². The molecule has 0 unspecified atom stereocenters. The number of carboxylic acids is 1. The Hall–Kier alpha value is -1.98. The topological polar surface area (TPSA) is 37.3 Å². The van der Waals surface area contributed by atoms with Gasteiger partial charge in [-0.25, -0.2) is 4.79 Å². The van der Waals surface area contributed by atoms with Gasteiger partial charge < -0.3 is 5.11 Å². The number of alkyl halides is 17. The maximum absolute atomic E-state index is 14.0. The van der Waals surface area contributed by atoms with Crippen LogP contribution in [0.2, 0.25) is 0 Å². The maximum atomic E-state index is 14.0. The summed E-state index contributed by atoms with van der Waals surface area (Å²) in [6.45, 7) is 0.392. The van der Waals surface area contributed by atoms with E-state index in [-0.39, 0.29) is 6.92 Å². The smallest absolute Gasteiger partial charge is 0.460 e. The van der Waals surface area contributed by atoms with E-state index in [4.69, 9.17) is 5.11 Å². The van der Waals surface area contributed by atoms with Gasteiger partial charge in [0.15, 0.2) is 0 Å². The fourth-order valence-electron chi connectivity index (χ4n) is 2.21. The van der Waals surface area contributed by atoms with E-state index in [1.165, 1.54) is 0 Å². The third-order valence-corrected chi connectivity index (χ3v) is 4.23. The van der Waals surface area contributed by atoms with Gasteiger partial charge in [-0.1, -0.05) is 6.92 Å². The zero-order chi connectivity index (χ0) is 27.4. The molecule has 0 aromatic carbocycles. The summed E-state index contributed by atoms with van der Waals surface area (Å²) in [7, 11) is 0. The lowest BCUT2D eigenvalue weighted by Crippen LogP contribution is -2.74. The van der Waals surface area contributed by atoms with Crippen molar-refractivity contribution >= 4 is 5.97 Å². The second-order valence-corrected chi connectivity index (χ2v) is 6.28. The van der Waals surface area contributed by atoms with Gasteiger partial charge in [-0.15, -0.1) is 0 Å². The van der Waals surface area contributed by atoms with Crippen molar-refractivity contribution in [3.63, 3.8) is 0 Å². The molecule has 1 N–H and O–H groups in total. The Balaban J connectivity index is 7.08. The molecule has 0 atom stereocenters. The third kappa shape index (κ3) is 3.97. The minimum Gasteiger partial charge on any atom is -0.478 e. The van der Waals surface area contributed by atoms with Gasteiger partial charge in [-0.05, 0) is 13.3 Å². The molecule has 196 valence electrons. The Kier molecular flexibility index (Phi) is 7.57. The first kappa shape index (κ1) is 31.0. The zero-order valence-electron chi connectivity index (χ0n) is 15.5. The van der Waals surface area contributed by atoms with Crippen molar-refractivity contribution in [3.8, 4) is 0 Å². The van der Waals surface area contributed by atoms with Gasteiger partial charge in [-0.2, -0.15) is 74.6 Å². The molecular weight excluding hydrogens is 523 g/mol. The average Bonchev–Trinajstić information content (AvgIpc) is 2.59. The van der Waals surface area contributed by atoms with Crippen molar-refractivity contribution < 1.29 is 84.5 Å². The Morgan fingerprint density at radius 2 is 0.848 bits per heavy atom. The molecule has 0 heterocycles. The number of hydrogen-bond acceptors (Lipinski definition) is 1. The van der Waals surface area contributed by atoms with Crippen molar-refractivity contribution in [2.45, 2.75) is 67.9 Å². The van der Waals surface area contributed by atoms with Crippen molar-refractivity contribution in [1.29, 1.82) is 0 Å². The minimum atomic E-state index is -8.72. The number of allylic oxidation sites excluding steroid dienone is 1. The first-order chi connectivity index (χ1) is 14.1. The molecule has 19 heteroatoms. The number of aliphatic carboxylic acids is 1. The number of rotatable bonds is 9. The van der Waals surface area contributed by atoms with E-state index in [9.17, 15) is 79.4 Å². The summed E-state index contributed by atoms with van der Waals surface area (Å²) < 4.78 is 224. The van der Waals surface area contributed by atoms with E-state index in [1.54, 1.807) is 0 Å². The van der Waals surface area contributed by atoms with Crippen molar-refractivity contribution in [1.82, 2.24) is 0 Å². The zero-order valence-corrected chi connectivity index (χ0v) is 15.5. The van der Waals surface area contributed by atoms with E-state index in [0.29, 0.717) is 6.92 Å². The fourth-order valence-corrected chi connectivity index (χ4v) is 2.21. The second kappa shape index (κ2) is 8.06. The van der Waals surface area contributed by atoms with Crippen LogP contribution in [0.4, 0.5) is 74.6 Å². The van der Waals surface area contributed by atoms with Gasteiger partial charge in [0.25, 0.3) is 0 Å². The van der Waals surface area contributed by atoms with Crippen LogP contribution in [0.25, 0.3) is 0 Å². The molecule has 0 saturated carbocycles. The van der Waals surface area contributed by atoms with Gasteiger partial charge in [-0.3, -0.25) is 0 Å². The molecule has 33 heavy (non-hydrogen) atoms.